The molecule has 0 heterocycles. The van der Waals surface area contributed by atoms with Gasteiger partial charge in [0, 0.05) is 18.0 Å². The van der Waals surface area contributed by atoms with Crippen molar-refractivity contribution in [1.82, 2.24) is 5.32 Å². The molecule has 1 rings (SSSR count). The Bertz CT molecular complexity index is 463. The van der Waals surface area contributed by atoms with Crippen molar-refractivity contribution in [3.05, 3.63) is 34.4 Å². The van der Waals surface area contributed by atoms with Crippen LogP contribution in [-0.4, -0.2) is 6.54 Å². The van der Waals surface area contributed by atoms with Crippen molar-refractivity contribution in [1.29, 1.82) is 0 Å². The summed E-state index contributed by atoms with van der Waals surface area (Å²) in [6, 6.07) is 1.93. The van der Waals surface area contributed by atoms with E-state index in [0.717, 1.165) is 12.1 Å². The fourth-order valence-electron chi connectivity index (χ4n) is 1.76. The van der Waals surface area contributed by atoms with Gasteiger partial charge in [-0.2, -0.15) is 0 Å². The lowest BCUT2D eigenvalue weighted by Gasteiger charge is -2.18. The first-order chi connectivity index (χ1) is 8.60. The summed E-state index contributed by atoms with van der Waals surface area (Å²) < 4.78 is 27.2. The fourth-order valence-corrected chi connectivity index (χ4v) is 1.91. The highest BCUT2D eigenvalue weighted by Crippen LogP contribution is 2.26. The number of nitrogens with one attached hydrogen (secondary N) is 1. The summed E-state index contributed by atoms with van der Waals surface area (Å²) in [5.41, 5.74) is 0.302. The molecule has 4 heteroatoms. The van der Waals surface area contributed by atoms with Gasteiger partial charge in [0.25, 0.3) is 0 Å². The highest BCUT2D eigenvalue weighted by molar-refractivity contribution is 6.30. The van der Waals surface area contributed by atoms with Crippen LogP contribution in [0.2, 0.25) is 5.02 Å². The summed E-state index contributed by atoms with van der Waals surface area (Å²) in [7, 11) is 0. The molecule has 0 spiro atoms. The van der Waals surface area contributed by atoms with Gasteiger partial charge in [0.15, 0.2) is 0 Å². The van der Waals surface area contributed by atoms with Gasteiger partial charge in [0.2, 0.25) is 0 Å². The quantitative estimate of drug-likeness (QED) is 0.629. The Hall–Kier alpha value is -1.11. The topological polar surface area (TPSA) is 12.0 Å². The van der Waals surface area contributed by atoms with Crippen LogP contribution in [0, 0.1) is 23.5 Å². The Balaban J connectivity index is 2.96. The van der Waals surface area contributed by atoms with Crippen LogP contribution in [0.4, 0.5) is 8.78 Å². The second-order valence-electron chi connectivity index (χ2n) is 3.86. The van der Waals surface area contributed by atoms with Crippen molar-refractivity contribution in [3.8, 4) is 11.8 Å². The van der Waals surface area contributed by atoms with Crippen LogP contribution < -0.4 is 5.32 Å². The minimum Gasteiger partial charge on any atom is -0.310 e. The monoisotopic (exact) mass is 271 g/mol. The van der Waals surface area contributed by atoms with E-state index in [4.69, 9.17) is 11.6 Å². The molecule has 1 aromatic rings. The van der Waals surface area contributed by atoms with Gasteiger partial charge in [-0.3, -0.25) is 0 Å². The number of halogens is 3. The molecule has 0 fully saturated rings. The van der Waals surface area contributed by atoms with Gasteiger partial charge in [0.05, 0.1) is 5.02 Å². The van der Waals surface area contributed by atoms with E-state index < -0.39 is 11.6 Å². The normalized spacial score (nSPS) is 11.8. The standard InChI is InChI=1S/C14H16ClF2N/c1-3-5-6-7-14(18-4-2)10-8-13(17)11(15)9-12(10)16/h8-9,14,18H,4,6-7H2,1-2H3. The predicted molar refractivity (Wildman–Crippen MR) is 70.5 cm³/mol. The van der Waals surface area contributed by atoms with Gasteiger partial charge < -0.3 is 5.32 Å². The van der Waals surface area contributed by atoms with Crippen molar-refractivity contribution in [2.24, 2.45) is 0 Å². The van der Waals surface area contributed by atoms with E-state index in [1.54, 1.807) is 6.92 Å². The molecule has 0 aliphatic rings. The molecule has 0 amide bonds. The summed E-state index contributed by atoms with van der Waals surface area (Å²) in [5.74, 6) is 4.62. The average molecular weight is 272 g/mol. The number of rotatable bonds is 5. The van der Waals surface area contributed by atoms with Crippen molar-refractivity contribution in [2.45, 2.75) is 32.7 Å². The van der Waals surface area contributed by atoms with E-state index in [2.05, 4.69) is 17.2 Å². The molecule has 1 nitrogen and oxygen atoms in total. The summed E-state index contributed by atoms with van der Waals surface area (Å²) in [6.07, 6.45) is 1.27. The molecule has 0 aliphatic carbocycles. The molecule has 1 aromatic carbocycles. The average Bonchev–Trinajstić information content (AvgIpc) is 2.33. The zero-order valence-electron chi connectivity index (χ0n) is 10.5. The molecule has 18 heavy (non-hydrogen) atoms. The zero-order chi connectivity index (χ0) is 13.5. The molecule has 0 aliphatic heterocycles. The highest BCUT2D eigenvalue weighted by atomic mass is 35.5. The Morgan fingerprint density at radius 1 is 1.33 bits per heavy atom. The molecule has 0 bridgehead atoms. The van der Waals surface area contributed by atoms with E-state index in [9.17, 15) is 8.78 Å². The van der Waals surface area contributed by atoms with Gasteiger partial charge >= 0.3 is 0 Å². The lowest BCUT2D eigenvalue weighted by molar-refractivity contribution is 0.484. The van der Waals surface area contributed by atoms with Crippen molar-refractivity contribution in [3.63, 3.8) is 0 Å². The van der Waals surface area contributed by atoms with Crippen LogP contribution in [-0.2, 0) is 0 Å². The van der Waals surface area contributed by atoms with E-state index >= 15 is 0 Å². The largest absolute Gasteiger partial charge is 0.310 e. The number of hydrogen-bond acceptors (Lipinski definition) is 1. The third kappa shape index (κ3) is 3.97. The molecule has 0 radical (unpaired) electrons. The Kier molecular flexibility index (Phi) is 6.11. The van der Waals surface area contributed by atoms with Crippen molar-refractivity contribution >= 4 is 11.6 Å². The van der Waals surface area contributed by atoms with E-state index in [0.29, 0.717) is 24.9 Å². The predicted octanol–water partition coefficient (Wildman–Crippen LogP) is 4.07. The smallest absolute Gasteiger partial charge is 0.142 e. The molecule has 1 unspecified atom stereocenters. The third-order valence-corrected chi connectivity index (χ3v) is 2.89. The summed E-state index contributed by atoms with van der Waals surface area (Å²) in [4.78, 5) is 0. The van der Waals surface area contributed by atoms with Crippen LogP contribution >= 0.6 is 11.6 Å². The van der Waals surface area contributed by atoms with Crippen LogP contribution in [0.5, 0.6) is 0 Å². The summed E-state index contributed by atoms with van der Waals surface area (Å²) in [5, 5.41) is 2.93. The SMILES string of the molecule is CC#CCCC(NCC)c1cc(F)c(Cl)cc1F. The lowest BCUT2D eigenvalue weighted by Crippen LogP contribution is -2.22. The molecule has 1 N–H and O–H groups in total. The Labute approximate surface area is 112 Å². The highest BCUT2D eigenvalue weighted by Gasteiger charge is 2.17. The fraction of sp³-hybridized carbons (Fsp3) is 0.429. The molecule has 0 saturated heterocycles. The van der Waals surface area contributed by atoms with Crippen molar-refractivity contribution in [2.75, 3.05) is 6.54 Å². The first-order valence-corrected chi connectivity index (χ1v) is 6.25. The van der Waals surface area contributed by atoms with Gasteiger partial charge in [-0.15, -0.1) is 11.8 Å². The molecule has 98 valence electrons. The molecular formula is C14H16ClF2N. The van der Waals surface area contributed by atoms with E-state index in [1.807, 2.05) is 6.92 Å². The number of hydrogen-bond donors (Lipinski definition) is 1. The Morgan fingerprint density at radius 3 is 2.67 bits per heavy atom. The second kappa shape index (κ2) is 7.35. The van der Waals surface area contributed by atoms with E-state index in [-0.39, 0.29) is 11.1 Å². The van der Waals surface area contributed by atoms with Gasteiger partial charge in [-0.05, 0) is 32.0 Å². The maximum Gasteiger partial charge on any atom is 0.142 e. The first kappa shape index (κ1) is 14.9. The lowest BCUT2D eigenvalue weighted by atomic mass is 10.0. The zero-order valence-corrected chi connectivity index (χ0v) is 11.2. The Morgan fingerprint density at radius 2 is 2.06 bits per heavy atom. The molecule has 0 aromatic heterocycles. The maximum absolute atomic E-state index is 13.8. The minimum absolute atomic E-state index is 0.195. The van der Waals surface area contributed by atoms with Crippen LogP contribution in [0.25, 0.3) is 0 Å². The second-order valence-corrected chi connectivity index (χ2v) is 4.27. The molecule has 0 saturated carbocycles. The number of benzene rings is 1. The van der Waals surface area contributed by atoms with Crippen LogP contribution in [0.15, 0.2) is 12.1 Å². The first-order valence-electron chi connectivity index (χ1n) is 5.87. The van der Waals surface area contributed by atoms with Gasteiger partial charge in [-0.25, -0.2) is 8.78 Å². The molecule has 1 atom stereocenters. The van der Waals surface area contributed by atoms with Gasteiger partial charge in [0.1, 0.15) is 11.6 Å². The molecular weight excluding hydrogens is 256 g/mol. The van der Waals surface area contributed by atoms with Crippen LogP contribution in [0.1, 0.15) is 38.3 Å². The summed E-state index contributed by atoms with van der Waals surface area (Å²) >= 11 is 5.54. The van der Waals surface area contributed by atoms with Crippen molar-refractivity contribution < 1.29 is 8.78 Å². The van der Waals surface area contributed by atoms with Gasteiger partial charge in [-0.1, -0.05) is 18.5 Å². The maximum atomic E-state index is 13.8. The summed E-state index contributed by atoms with van der Waals surface area (Å²) in [6.45, 7) is 4.35. The van der Waals surface area contributed by atoms with E-state index in [1.165, 1.54) is 0 Å². The van der Waals surface area contributed by atoms with Crippen LogP contribution in [0.3, 0.4) is 0 Å². The minimum atomic E-state index is -0.599. The third-order valence-electron chi connectivity index (χ3n) is 2.60.